The minimum absolute atomic E-state index is 0.00522. The Kier molecular flexibility index (Phi) is 5.60. The highest BCUT2D eigenvalue weighted by molar-refractivity contribution is 5.78. The van der Waals surface area contributed by atoms with Crippen molar-refractivity contribution >= 4 is 5.91 Å². The fourth-order valence-corrected chi connectivity index (χ4v) is 2.88. The van der Waals surface area contributed by atoms with E-state index in [1.165, 1.54) is 0 Å². The van der Waals surface area contributed by atoms with Gasteiger partial charge in [-0.05, 0) is 43.0 Å². The van der Waals surface area contributed by atoms with Crippen molar-refractivity contribution in [2.45, 2.75) is 32.1 Å². The maximum atomic E-state index is 12.3. The third-order valence-electron chi connectivity index (χ3n) is 4.40. The van der Waals surface area contributed by atoms with Gasteiger partial charge in [-0.25, -0.2) is 0 Å². The Morgan fingerprint density at radius 1 is 1.36 bits per heavy atom. The van der Waals surface area contributed by atoms with Crippen LogP contribution in [0.5, 0.6) is 5.75 Å². The first-order valence-electron chi connectivity index (χ1n) is 8.55. The number of amides is 1. The summed E-state index contributed by atoms with van der Waals surface area (Å²) in [6.07, 6.45) is 6.63. The van der Waals surface area contributed by atoms with E-state index in [9.17, 15) is 4.79 Å². The Balaban J connectivity index is 1.45. The molecule has 25 heavy (non-hydrogen) atoms. The number of benzene rings is 1. The molecule has 2 atom stereocenters. The van der Waals surface area contributed by atoms with Crippen molar-refractivity contribution in [1.29, 1.82) is 0 Å². The maximum Gasteiger partial charge on any atom is 0.260 e. The number of aliphatic hydroxyl groups is 1. The number of dihydropyridines is 1. The van der Waals surface area contributed by atoms with Crippen molar-refractivity contribution in [2.24, 2.45) is 0 Å². The second kappa shape index (κ2) is 8.07. The van der Waals surface area contributed by atoms with E-state index in [1.807, 2.05) is 25.3 Å². The Labute approximate surface area is 147 Å². The summed E-state index contributed by atoms with van der Waals surface area (Å²) in [5.74, 6) is 1.49. The van der Waals surface area contributed by atoms with Gasteiger partial charge >= 0.3 is 0 Å². The van der Waals surface area contributed by atoms with Gasteiger partial charge in [-0.15, -0.1) is 0 Å². The molecule has 6 nitrogen and oxygen atoms in total. The normalized spacial score (nSPS) is 22.3. The molecule has 6 heteroatoms. The van der Waals surface area contributed by atoms with Crippen LogP contribution in [0.3, 0.4) is 0 Å². The van der Waals surface area contributed by atoms with Crippen LogP contribution in [-0.4, -0.2) is 47.8 Å². The number of hydrogen-bond donors (Lipinski definition) is 2. The number of likely N-dealkylation sites (tertiary alicyclic amines) is 1. The van der Waals surface area contributed by atoms with Gasteiger partial charge in [-0.1, -0.05) is 12.1 Å². The number of hydrogen-bond acceptors (Lipinski definition) is 5. The average molecular weight is 344 g/mol. The zero-order valence-corrected chi connectivity index (χ0v) is 14.4. The molecule has 2 heterocycles. The maximum absolute atomic E-state index is 12.3. The van der Waals surface area contributed by atoms with Crippen LogP contribution in [-0.2, 0) is 16.1 Å². The summed E-state index contributed by atoms with van der Waals surface area (Å²) in [6, 6.07) is 7.22. The van der Waals surface area contributed by atoms with Crippen molar-refractivity contribution in [2.75, 3.05) is 19.7 Å². The lowest BCUT2D eigenvalue weighted by atomic mass is 10.2. The van der Waals surface area contributed by atoms with Crippen molar-refractivity contribution in [3.05, 3.63) is 53.9 Å². The van der Waals surface area contributed by atoms with E-state index in [4.69, 9.17) is 14.6 Å². The van der Waals surface area contributed by atoms with Crippen LogP contribution < -0.4 is 10.1 Å². The molecule has 0 spiro atoms. The van der Waals surface area contributed by atoms with E-state index >= 15 is 0 Å². The summed E-state index contributed by atoms with van der Waals surface area (Å²) < 4.78 is 11.6. The highest BCUT2D eigenvalue weighted by Gasteiger charge is 2.29. The number of rotatable bonds is 6. The first-order chi connectivity index (χ1) is 12.2. The molecule has 0 bridgehead atoms. The molecule has 134 valence electrons. The molecule has 1 saturated heterocycles. The van der Waals surface area contributed by atoms with Crippen LogP contribution >= 0.6 is 0 Å². The van der Waals surface area contributed by atoms with E-state index in [-0.39, 0.29) is 31.3 Å². The van der Waals surface area contributed by atoms with Gasteiger partial charge in [0.05, 0.1) is 19.2 Å². The summed E-state index contributed by atoms with van der Waals surface area (Å²) in [4.78, 5) is 14.1. The van der Waals surface area contributed by atoms with Gasteiger partial charge in [0.1, 0.15) is 17.6 Å². The Hall–Kier alpha value is -2.47. The summed E-state index contributed by atoms with van der Waals surface area (Å²) in [7, 11) is 0. The minimum atomic E-state index is -0.0407. The van der Waals surface area contributed by atoms with Crippen LogP contribution in [0.25, 0.3) is 0 Å². The van der Waals surface area contributed by atoms with Crippen LogP contribution in [0.1, 0.15) is 18.9 Å². The molecule has 1 fully saturated rings. The first-order valence-corrected chi connectivity index (χ1v) is 8.55. The molecule has 2 unspecified atom stereocenters. The summed E-state index contributed by atoms with van der Waals surface area (Å²) in [5.41, 5.74) is 0.814. The lowest BCUT2D eigenvalue weighted by molar-refractivity contribution is -0.132. The Bertz CT molecular complexity index is 654. The molecular formula is C19H24N2O4. The summed E-state index contributed by atoms with van der Waals surface area (Å²) in [5, 5.41) is 12.2. The molecular weight excluding hydrogens is 320 g/mol. The fourth-order valence-electron chi connectivity index (χ4n) is 2.88. The number of carbonyl (C=O) groups is 1. The van der Waals surface area contributed by atoms with Crippen molar-refractivity contribution in [3.8, 4) is 5.75 Å². The average Bonchev–Trinajstić information content (AvgIpc) is 3.11. The quantitative estimate of drug-likeness (QED) is 0.820. The van der Waals surface area contributed by atoms with E-state index in [2.05, 4.69) is 5.32 Å². The molecule has 0 aromatic heterocycles. The van der Waals surface area contributed by atoms with Gasteiger partial charge in [0.2, 0.25) is 0 Å². The molecule has 1 aromatic rings. The van der Waals surface area contributed by atoms with Gasteiger partial charge in [-0.2, -0.15) is 0 Å². The van der Waals surface area contributed by atoms with E-state index in [0.717, 1.165) is 17.7 Å². The zero-order valence-electron chi connectivity index (χ0n) is 14.4. The van der Waals surface area contributed by atoms with Gasteiger partial charge in [0, 0.05) is 13.0 Å². The van der Waals surface area contributed by atoms with Gasteiger partial charge in [0.25, 0.3) is 5.91 Å². The van der Waals surface area contributed by atoms with Gasteiger partial charge in [0.15, 0.2) is 6.61 Å². The fraction of sp³-hybridized carbons (Fsp3) is 0.421. The summed E-state index contributed by atoms with van der Waals surface area (Å²) in [6.45, 7) is 3.31. The number of aliphatic hydroxyl groups excluding tert-OH is 1. The topological polar surface area (TPSA) is 71.0 Å². The second-order valence-corrected chi connectivity index (χ2v) is 6.28. The third kappa shape index (κ3) is 4.54. The molecule has 1 amide bonds. The SMILES string of the molecule is CC1NC=CC=C1OC1CCN(C(=O)COc2ccc(CO)cc2)C1. The number of nitrogens with zero attached hydrogens (tertiary/aromatic N) is 1. The standard InChI is InChI=1S/C19H24N2O4/c1-14-18(3-2-9-20-14)25-17-8-10-21(11-17)19(23)13-24-16-6-4-15(12-22)5-7-16/h2-7,9,14,17,20,22H,8,10-13H2,1H3. The number of nitrogens with one attached hydrogen (secondary N) is 1. The highest BCUT2D eigenvalue weighted by Crippen LogP contribution is 2.19. The molecule has 0 aliphatic carbocycles. The molecule has 0 saturated carbocycles. The molecule has 2 aliphatic heterocycles. The predicted octanol–water partition coefficient (Wildman–Crippen LogP) is 1.56. The van der Waals surface area contributed by atoms with Gasteiger partial charge < -0.3 is 24.8 Å². The lowest BCUT2D eigenvalue weighted by Crippen LogP contribution is -2.35. The van der Waals surface area contributed by atoms with Crippen molar-refractivity contribution < 1.29 is 19.4 Å². The Morgan fingerprint density at radius 2 is 2.16 bits per heavy atom. The minimum Gasteiger partial charge on any atom is -0.491 e. The van der Waals surface area contributed by atoms with E-state index < -0.39 is 0 Å². The van der Waals surface area contributed by atoms with Gasteiger partial charge in [-0.3, -0.25) is 4.79 Å². The van der Waals surface area contributed by atoms with Crippen LogP contribution in [0.2, 0.25) is 0 Å². The number of carbonyl (C=O) groups excluding carboxylic acids is 1. The van der Waals surface area contributed by atoms with Crippen LogP contribution in [0.4, 0.5) is 0 Å². The predicted molar refractivity (Wildman–Crippen MR) is 93.8 cm³/mol. The lowest BCUT2D eigenvalue weighted by Gasteiger charge is -2.23. The highest BCUT2D eigenvalue weighted by atomic mass is 16.5. The third-order valence-corrected chi connectivity index (χ3v) is 4.40. The Morgan fingerprint density at radius 3 is 2.88 bits per heavy atom. The first kappa shape index (κ1) is 17.4. The molecule has 3 rings (SSSR count). The molecule has 2 N–H and O–H groups in total. The van der Waals surface area contributed by atoms with Crippen molar-refractivity contribution in [1.82, 2.24) is 10.2 Å². The summed E-state index contributed by atoms with van der Waals surface area (Å²) >= 11 is 0. The second-order valence-electron chi connectivity index (χ2n) is 6.28. The van der Waals surface area contributed by atoms with Crippen LogP contribution in [0, 0.1) is 0 Å². The van der Waals surface area contributed by atoms with Crippen LogP contribution in [0.15, 0.2) is 48.4 Å². The number of allylic oxidation sites excluding steroid dienone is 2. The number of ether oxygens (including phenoxy) is 2. The smallest absolute Gasteiger partial charge is 0.260 e. The molecule has 0 radical (unpaired) electrons. The zero-order chi connectivity index (χ0) is 17.6. The van der Waals surface area contributed by atoms with Crippen molar-refractivity contribution in [3.63, 3.8) is 0 Å². The molecule has 2 aliphatic rings. The molecule has 1 aromatic carbocycles. The van der Waals surface area contributed by atoms with E-state index in [0.29, 0.717) is 18.8 Å². The van der Waals surface area contributed by atoms with E-state index in [1.54, 1.807) is 29.2 Å². The largest absolute Gasteiger partial charge is 0.491 e. The monoisotopic (exact) mass is 344 g/mol.